The van der Waals surface area contributed by atoms with E-state index in [2.05, 4.69) is 14.9 Å². The minimum Gasteiger partial charge on any atom is -0.318 e. The first-order chi connectivity index (χ1) is 13.5. The molecule has 0 bridgehead atoms. The number of hydrogen-bond donors (Lipinski definition) is 1. The number of pyridine rings is 1. The van der Waals surface area contributed by atoms with Crippen molar-refractivity contribution in [3.63, 3.8) is 0 Å². The normalized spacial score (nSPS) is 15.4. The highest BCUT2D eigenvalue weighted by molar-refractivity contribution is 6.32. The molecule has 2 aromatic heterocycles. The van der Waals surface area contributed by atoms with Gasteiger partial charge in [0.2, 0.25) is 0 Å². The van der Waals surface area contributed by atoms with Gasteiger partial charge in [-0.25, -0.2) is 9.69 Å². The molecule has 0 spiro atoms. The predicted octanol–water partition coefficient (Wildman–Crippen LogP) is 4.24. The summed E-state index contributed by atoms with van der Waals surface area (Å²) in [6, 6.07) is 11.9. The standard InChI is InChI=1S/C21H17ClN4O2/c1-13-10-15(14(2)25(13)17-6-8-23-9-7-17)11-19-20(27)26(21(28)24-19)18-5-3-4-16(22)12-18/h3-12H,1-2H3,(H,24,28)/b19-11+. The summed E-state index contributed by atoms with van der Waals surface area (Å²) >= 11 is 5.99. The highest BCUT2D eigenvalue weighted by atomic mass is 35.5. The second kappa shape index (κ2) is 6.98. The number of benzene rings is 1. The van der Waals surface area contributed by atoms with Crippen molar-refractivity contribution in [3.05, 3.63) is 82.5 Å². The fraction of sp³-hybridized carbons (Fsp3) is 0.0952. The van der Waals surface area contributed by atoms with Crippen LogP contribution in [0.3, 0.4) is 0 Å². The Bertz CT molecular complexity index is 1120. The van der Waals surface area contributed by atoms with Gasteiger partial charge in [-0.1, -0.05) is 17.7 Å². The molecule has 0 unspecified atom stereocenters. The average molecular weight is 393 g/mol. The summed E-state index contributed by atoms with van der Waals surface area (Å²) in [5.74, 6) is -0.416. The molecule has 140 valence electrons. The number of amides is 3. The van der Waals surface area contributed by atoms with Gasteiger partial charge >= 0.3 is 6.03 Å². The quantitative estimate of drug-likeness (QED) is 0.535. The molecule has 1 fully saturated rings. The van der Waals surface area contributed by atoms with E-state index in [4.69, 9.17) is 11.6 Å². The van der Waals surface area contributed by atoms with Crippen molar-refractivity contribution in [2.45, 2.75) is 13.8 Å². The monoisotopic (exact) mass is 392 g/mol. The molecule has 1 saturated heterocycles. The molecule has 4 rings (SSSR count). The number of imide groups is 1. The number of nitrogens with zero attached hydrogens (tertiary/aromatic N) is 3. The smallest absolute Gasteiger partial charge is 0.318 e. The Hall–Kier alpha value is -3.38. The van der Waals surface area contributed by atoms with Gasteiger partial charge in [0.25, 0.3) is 5.91 Å². The van der Waals surface area contributed by atoms with Crippen LogP contribution in [0.15, 0.2) is 60.6 Å². The van der Waals surface area contributed by atoms with E-state index in [0.717, 1.165) is 27.5 Å². The Morgan fingerprint density at radius 1 is 1.04 bits per heavy atom. The van der Waals surface area contributed by atoms with Gasteiger partial charge < -0.3 is 9.88 Å². The molecule has 1 aliphatic heterocycles. The van der Waals surface area contributed by atoms with Crippen LogP contribution in [0.1, 0.15) is 17.0 Å². The van der Waals surface area contributed by atoms with Gasteiger partial charge in [-0.3, -0.25) is 9.78 Å². The minimum atomic E-state index is -0.499. The predicted molar refractivity (Wildman–Crippen MR) is 108 cm³/mol. The van der Waals surface area contributed by atoms with Gasteiger partial charge in [0.05, 0.1) is 5.69 Å². The van der Waals surface area contributed by atoms with E-state index < -0.39 is 11.9 Å². The first-order valence-electron chi connectivity index (χ1n) is 8.68. The summed E-state index contributed by atoms with van der Waals surface area (Å²) in [6.45, 7) is 3.96. The van der Waals surface area contributed by atoms with Gasteiger partial charge in [-0.05, 0) is 61.9 Å². The van der Waals surface area contributed by atoms with E-state index in [1.165, 1.54) is 0 Å². The topological polar surface area (TPSA) is 67.2 Å². The van der Waals surface area contributed by atoms with Gasteiger partial charge in [0.1, 0.15) is 5.70 Å². The van der Waals surface area contributed by atoms with Crippen LogP contribution in [0.2, 0.25) is 5.02 Å². The van der Waals surface area contributed by atoms with Gasteiger partial charge in [0, 0.05) is 34.5 Å². The third-order valence-electron chi connectivity index (χ3n) is 4.64. The zero-order chi connectivity index (χ0) is 19.8. The Balaban J connectivity index is 1.71. The second-order valence-electron chi connectivity index (χ2n) is 6.48. The van der Waals surface area contributed by atoms with Crippen LogP contribution >= 0.6 is 11.6 Å². The highest BCUT2D eigenvalue weighted by Gasteiger charge is 2.35. The molecule has 3 aromatic rings. The number of carbonyl (C=O) groups is 2. The summed E-state index contributed by atoms with van der Waals surface area (Å²) < 4.78 is 2.07. The maximum absolute atomic E-state index is 12.8. The SMILES string of the molecule is Cc1cc(/C=C2/NC(=O)N(c3cccc(Cl)c3)C2=O)c(C)n1-c1ccncc1. The molecular formula is C21H17ClN4O2. The summed E-state index contributed by atoms with van der Waals surface area (Å²) in [5, 5.41) is 3.11. The number of nitrogens with one attached hydrogen (secondary N) is 1. The van der Waals surface area contributed by atoms with E-state index in [1.807, 2.05) is 32.0 Å². The third-order valence-corrected chi connectivity index (χ3v) is 4.87. The van der Waals surface area contributed by atoms with Crippen molar-refractivity contribution in [3.8, 4) is 5.69 Å². The molecule has 28 heavy (non-hydrogen) atoms. The summed E-state index contributed by atoms with van der Waals surface area (Å²) in [7, 11) is 0. The summed E-state index contributed by atoms with van der Waals surface area (Å²) in [5.41, 5.74) is 4.46. The van der Waals surface area contributed by atoms with E-state index in [0.29, 0.717) is 10.7 Å². The Morgan fingerprint density at radius 3 is 2.50 bits per heavy atom. The zero-order valence-electron chi connectivity index (χ0n) is 15.3. The molecule has 1 N–H and O–H groups in total. The molecule has 0 saturated carbocycles. The molecule has 3 heterocycles. The molecule has 0 aliphatic carbocycles. The van der Waals surface area contributed by atoms with Crippen LogP contribution in [0.25, 0.3) is 11.8 Å². The summed E-state index contributed by atoms with van der Waals surface area (Å²) in [4.78, 5) is 30.3. The van der Waals surface area contributed by atoms with Crippen molar-refractivity contribution >= 4 is 35.3 Å². The Labute approximate surface area is 167 Å². The van der Waals surface area contributed by atoms with Crippen LogP contribution in [0.4, 0.5) is 10.5 Å². The average Bonchev–Trinajstić information content (AvgIpc) is 3.11. The fourth-order valence-corrected chi connectivity index (χ4v) is 3.55. The zero-order valence-corrected chi connectivity index (χ0v) is 16.1. The number of aryl methyl sites for hydroxylation is 1. The molecular weight excluding hydrogens is 376 g/mol. The van der Waals surface area contributed by atoms with Crippen molar-refractivity contribution in [2.24, 2.45) is 0 Å². The molecule has 3 amide bonds. The third kappa shape index (κ3) is 3.08. The van der Waals surface area contributed by atoms with E-state index >= 15 is 0 Å². The number of carbonyl (C=O) groups excluding carboxylic acids is 2. The van der Waals surface area contributed by atoms with Crippen LogP contribution in [0, 0.1) is 13.8 Å². The number of rotatable bonds is 3. The molecule has 1 aromatic carbocycles. The van der Waals surface area contributed by atoms with Crippen LogP contribution in [-0.4, -0.2) is 21.5 Å². The van der Waals surface area contributed by atoms with E-state index in [1.54, 1.807) is 42.7 Å². The van der Waals surface area contributed by atoms with Gasteiger partial charge in [-0.15, -0.1) is 0 Å². The highest BCUT2D eigenvalue weighted by Crippen LogP contribution is 2.27. The summed E-state index contributed by atoms with van der Waals surface area (Å²) in [6.07, 6.45) is 5.16. The Morgan fingerprint density at radius 2 is 1.79 bits per heavy atom. The maximum Gasteiger partial charge on any atom is 0.333 e. The lowest BCUT2D eigenvalue weighted by Crippen LogP contribution is -2.30. The minimum absolute atomic E-state index is 0.222. The number of aromatic nitrogens is 2. The second-order valence-corrected chi connectivity index (χ2v) is 6.91. The van der Waals surface area contributed by atoms with Gasteiger partial charge in [-0.2, -0.15) is 0 Å². The Kier molecular flexibility index (Phi) is 4.49. The van der Waals surface area contributed by atoms with Crippen LogP contribution < -0.4 is 10.2 Å². The van der Waals surface area contributed by atoms with E-state index in [-0.39, 0.29) is 5.70 Å². The van der Waals surface area contributed by atoms with Crippen LogP contribution in [0.5, 0.6) is 0 Å². The number of halogens is 1. The van der Waals surface area contributed by atoms with E-state index in [9.17, 15) is 9.59 Å². The molecule has 7 heteroatoms. The maximum atomic E-state index is 12.8. The van der Waals surface area contributed by atoms with Crippen molar-refractivity contribution in [1.82, 2.24) is 14.9 Å². The largest absolute Gasteiger partial charge is 0.333 e. The molecule has 1 aliphatic rings. The van der Waals surface area contributed by atoms with Crippen molar-refractivity contribution < 1.29 is 9.59 Å². The van der Waals surface area contributed by atoms with Crippen LogP contribution in [-0.2, 0) is 4.79 Å². The van der Waals surface area contributed by atoms with Crippen molar-refractivity contribution in [2.75, 3.05) is 4.90 Å². The van der Waals surface area contributed by atoms with Gasteiger partial charge in [0.15, 0.2) is 0 Å². The number of urea groups is 1. The lowest BCUT2D eigenvalue weighted by Gasteiger charge is -2.11. The first kappa shape index (κ1) is 18.0. The lowest BCUT2D eigenvalue weighted by molar-refractivity contribution is -0.113. The molecule has 0 radical (unpaired) electrons. The van der Waals surface area contributed by atoms with Crippen molar-refractivity contribution in [1.29, 1.82) is 0 Å². The first-order valence-corrected chi connectivity index (χ1v) is 9.05. The molecule has 0 atom stereocenters. The molecule has 6 nitrogen and oxygen atoms in total. The lowest BCUT2D eigenvalue weighted by atomic mass is 10.2. The fourth-order valence-electron chi connectivity index (χ4n) is 3.36. The number of anilines is 1. The number of hydrogen-bond acceptors (Lipinski definition) is 3.